The number of hydrogen-bond donors (Lipinski definition) is 1. The molecular formula is C32H32F3N5O5S. The Hall–Kier alpha value is -4.72. The lowest BCUT2D eigenvalue weighted by Gasteiger charge is -2.41. The molecule has 0 saturated carbocycles. The number of pyridine rings is 3. The van der Waals surface area contributed by atoms with Crippen molar-refractivity contribution < 1.29 is 31.5 Å². The smallest absolute Gasteiger partial charge is 0.282 e. The molecule has 1 atom stereocenters. The molecule has 0 unspecified atom stereocenters. The number of phenols is 1. The summed E-state index contributed by atoms with van der Waals surface area (Å²) in [5.41, 5.74) is -1.37. The first-order valence-corrected chi connectivity index (χ1v) is 16.3. The van der Waals surface area contributed by atoms with Gasteiger partial charge in [0.1, 0.15) is 17.3 Å². The molecule has 1 aliphatic rings. The number of rotatable bonds is 6. The van der Waals surface area contributed by atoms with Crippen LogP contribution in [0.4, 0.5) is 18.9 Å². The van der Waals surface area contributed by atoms with E-state index in [9.17, 15) is 27.5 Å². The second kappa shape index (κ2) is 11.9. The van der Waals surface area contributed by atoms with Crippen LogP contribution in [0, 0.1) is 18.6 Å². The van der Waals surface area contributed by atoms with E-state index in [1.54, 1.807) is 19.9 Å². The van der Waals surface area contributed by atoms with Gasteiger partial charge in [-0.2, -0.15) is 0 Å². The van der Waals surface area contributed by atoms with Gasteiger partial charge >= 0.3 is 0 Å². The lowest BCUT2D eigenvalue weighted by atomic mass is 10.0. The van der Waals surface area contributed by atoms with Gasteiger partial charge in [0.2, 0.25) is 0 Å². The van der Waals surface area contributed by atoms with Crippen molar-refractivity contribution >= 4 is 32.5 Å². The van der Waals surface area contributed by atoms with Gasteiger partial charge in [-0.1, -0.05) is 26.5 Å². The largest absolute Gasteiger partial charge is 0.507 e. The number of halogens is 3. The molecule has 1 amide bonds. The first kappa shape index (κ1) is 32.7. The van der Waals surface area contributed by atoms with Crippen LogP contribution >= 0.6 is 0 Å². The van der Waals surface area contributed by atoms with Crippen LogP contribution in [0.1, 0.15) is 37.9 Å². The zero-order chi connectivity index (χ0) is 33.8. The monoisotopic (exact) mass is 655 g/mol. The SMILES string of the molecule is C=C(F)C(=O)N1CCN(c2c(S(C)(=O)=O)c(=O)n(-c3c(C)ccnc3C(C)C)c3nc(-c4c(O)cccc4F)c(F)cc23)C[C@H]1C. The Kier molecular flexibility index (Phi) is 8.45. The highest BCUT2D eigenvalue weighted by Crippen LogP contribution is 2.39. The van der Waals surface area contributed by atoms with Crippen molar-refractivity contribution in [2.24, 2.45) is 0 Å². The number of aryl methyl sites for hydroxylation is 1. The van der Waals surface area contributed by atoms with Crippen LogP contribution in [0.2, 0.25) is 0 Å². The minimum Gasteiger partial charge on any atom is -0.507 e. The average Bonchev–Trinajstić information content (AvgIpc) is 2.96. The molecule has 1 saturated heterocycles. The molecule has 4 heterocycles. The second-order valence-electron chi connectivity index (χ2n) is 11.6. The third-order valence-electron chi connectivity index (χ3n) is 8.00. The summed E-state index contributed by atoms with van der Waals surface area (Å²) < 4.78 is 72.9. The number of aromatic hydroxyl groups is 1. The predicted molar refractivity (Wildman–Crippen MR) is 168 cm³/mol. The highest BCUT2D eigenvalue weighted by Gasteiger charge is 2.36. The molecule has 46 heavy (non-hydrogen) atoms. The summed E-state index contributed by atoms with van der Waals surface area (Å²) >= 11 is 0. The molecule has 5 rings (SSSR count). The number of nitrogens with zero attached hydrogens (tertiary/aromatic N) is 5. The first-order valence-electron chi connectivity index (χ1n) is 14.4. The van der Waals surface area contributed by atoms with Crippen molar-refractivity contribution in [1.29, 1.82) is 0 Å². The maximum absolute atomic E-state index is 16.1. The third-order valence-corrected chi connectivity index (χ3v) is 9.11. The molecule has 10 nitrogen and oxygen atoms in total. The van der Waals surface area contributed by atoms with E-state index in [1.165, 1.54) is 22.1 Å². The summed E-state index contributed by atoms with van der Waals surface area (Å²) in [6.45, 7) is 9.86. The van der Waals surface area contributed by atoms with E-state index in [2.05, 4.69) is 16.5 Å². The number of sulfone groups is 1. The second-order valence-corrected chi connectivity index (χ2v) is 13.6. The van der Waals surface area contributed by atoms with E-state index in [4.69, 9.17) is 0 Å². The summed E-state index contributed by atoms with van der Waals surface area (Å²) in [6.07, 6.45) is 2.39. The molecule has 14 heteroatoms. The van der Waals surface area contributed by atoms with E-state index >= 15 is 8.78 Å². The van der Waals surface area contributed by atoms with Crippen molar-refractivity contribution in [3.05, 3.63) is 82.2 Å². The van der Waals surface area contributed by atoms with Crippen LogP contribution in [-0.4, -0.2) is 70.8 Å². The molecule has 4 aromatic rings. The van der Waals surface area contributed by atoms with Crippen molar-refractivity contribution in [2.45, 2.75) is 44.6 Å². The van der Waals surface area contributed by atoms with Gasteiger partial charge in [0.15, 0.2) is 32.0 Å². The Morgan fingerprint density at radius 3 is 2.41 bits per heavy atom. The van der Waals surface area contributed by atoms with Crippen LogP contribution in [0.15, 0.2) is 58.6 Å². The Bertz CT molecular complexity index is 2080. The summed E-state index contributed by atoms with van der Waals surface area (Å²) in [6, 6.07) is 5.32. The molecule has 0 radical (unpaired) electrons. The summed E-state index contributed by atoms with van der Waals surface area (Å²) in [4.78, 5) is 37.9. The number of carbonyl (C=O) groups is 1. The van der Waals surface area contributed by atoms with E-state index in [-0.39, 0.29) is 48.0 Å². The fourth-order valence-electron chi connectivity index (χ4n) is 5.93. The van der Waals surface area contributed by atoms with E-state index in [1.807, 2.05) is 13.8 Å². The van der Waals surface area contributed by atoms with Crippen LogP contribution < -0.4 is 10.5 Å². The molecule has 3 aromatic heterocycles. The molecule has 0 aliphatic carbocycles. The van der Waals surface area contributed by atoms with E-state index in [0.29, 0.717) is 11.3 Å². The Labute approximate surface area is 263 Å². The number of phenolic OH excluding ortho intramolecular Hbond substituents is 1. The summed E-state index contributed by atoms with van der Waals surface area (Å²) in [5.74, 6) is -5.01. The number of hydrogen-bond acceptors (Lipinski definition) is 8. The van der Waals surface area contributed by atoms with Crippen molar-refractivity contribution in [3.63, 3.8) is 0 Å². The van der Waals surface area contributed by atoms with Gasteiger partial charge in [0.05, 0.1) is 22.6 Å². The zero-order valence-corrected chi connectivity index (χ0v) is 26.6. The Morgan fingerprint density at radius 1 is 1.13 bits per heavy atom. The first-order chi connectivity index (χ1) is 21.5. The van der Waals surface area contributed by atoms with Crippen LogP contribution in [0.5, 0.6) is 5.75 Å². The fourth-order valence-corrected chi connectivity index (χ4v) is 6.93. The van der Waals surface area contributed by atoms with E-state index < -0.39 is 66.7 Å². The predicted octanol–water partition coefficient (Wildman–Crippen LogP) is 4.79. The van der Waals surface area contributed by atoms with Gasteiger partial charge in [0, 0.05) is 43.5 Å². The van der Waals surface area contributed by atoms with Gasteiger partial charge in [-0.25, -0.2) is 26.6 Å². The maximum atomic E-state index is 16.1. The highest BCUT2D eigenvalue weighted by atomic mass is 32.2. The minimum atomic E-state index is -4.33. The third kappa shape index (κ3) is 5.50. The molecule has 1 N–H and O–H groups in total. The fraction of sp³-hybridized carbons (Fsp3) is 0.312. The number of anilines is 1. The number of fused-ring (bicyclic) bond motifs is 1. The van der Waals surface area contributed by atoms with E-state index in [0.717, 1.165) is 29.0 Å². The highest BCUT2D eigenvalue weighted by molar-refractivity contribution is 7.90. The van der Waals surface area contributed by atoms with Gasteiger partial charge in [-0.15, -0.1) is 0 Å². The van der Waals surface area contributed by atoms with Crippen LogP contribution in [0.25, 0.3) is 28.0 Å². The Morgan fingerprint density at radius 2 is 1.83 bits per heavy atom. The standard InChI is InChI=1S/C32H32F3N5O5S/c1-16(2)25-27(17(3)10-11-36-25)40-30-20(14-22(35)26(37-30)24-21(34)8-7-9-23(24)41)28(29(32(40)43)46(6,44)45)38-12-13-39(18(4)15-38)31(42)19(5)33/h7-11,14,16,18,41H,5,12-13,15H2,1-4,6H3/t18-/m1/s1. The Balaban J connectivity index is 1.95. The molecule has 0 bridgehead atoms. The van der Waals surface area contributed by atoms with Gasteiger partial charge in [-0.3, -0.25) is 19.1 Å². The van der Waals surface area contributed by atoms with Crippen LogP contribution in [-0.2, 0) is 14.6 Å². The lowest BCUT2D eigenvalue weighted by Crippen LogP contribution is -2.54. The molecule has 0 spiro atoms. The molecule has 1 aromatic carbocycles. The number of carbonyl (C=O) groups excluding carboxylic acids is 1. The lowest BCUT2D eigenvalue weighted by molar-refractivity contribution is -0.131. The number of amides is 1. The van der Waals surface area contributed by atoms with Crippen molar-refractivity contribution in [3.8, 4) is 22.7 Å². The molecule has 242 valence electrons. The summed E-state index contributed by atoms with van der Waals surface area (Å²) in [7, 11) is -4.33. The van der Waals surface area contributed by atoms with Crippen molar-refractivity contribution in [1.82, 2.24) is 19.4 Å². The average molecular weight is 656 g/mol. The van der Waals surface area contributed by atoms with Crippen LogP contribution in [0.3, 0.4) is 0 Å². The number of piperazine rings is 1. The number of aromatic nitrogens is 3. The topological polar surface area (TPSA) is 126 Å². The zero-order valence-electron chi connectivity index (χ0n) is 25.8. The van der Waals surface area contributed by atoms with Gasteiger partial charge < -0.3 is 14.9 Å². The van der Waals surface area contributed by atoms with Gasteiger partial charge in [-0.05, 0) is 49.6 Å². The maximum Gasteiger partial charge on any atom is 0.282 e. The summed E-state index contributed by atoms with van der Waals surface area (Å²) in [5, 5.41) is 10.4. The normalized spacial score (nSPS) is 15.5. The number of benzene rings is 1. The van der Waals surface area contributed by atoms with Crippen molar-refractivity contribution in [2.75, 3.05) is 30.8 Å². The van der Waals surface area contributed by atoms with Gasteiger partial charge in [0.25, 0.3) is 11.5 Å². The molecule has 1 aliphatic heterocycles. The quantitative estimate of drug-likeness (QED) is 0.294. The minimum absolute atomic E-state index is 0.0505. The molecule has 1 fully saturated rings. The molecular weight excluding hydrogens is 623 g/mol.